The van der Waals surface area contributed by atoms with E-state index >= 15 is 0 Å². The van der Waals surface area contributed by atoms with Gasteiger partial charge in [-0.1, -0.05) is 181 Å². The highest BCUT2D eigenvalue weighted by Crippen LogP contribution is 2.62. The lowest BCUT2D eigenvalue weighted by Crippen LogP contribution is -2.60. The SMILES string of the molecule is Cc1ccc2c(c1)C1(c3cc(C)ccc3-2)c2ccc3c4c2-n2c5c(cccc5c5cccc1c52)B4c1cc2ccccc2c2c(-c4ccccc4)c(-c4ccccc4)n-3c12. The summed E-state index contributed by atoms with van der Waals surface area (Å²) >= 11 is 0. The summed E-state index contributed by atoms with van der Waals surface area (Å²) in [6.07, 6.45) is 0. The maximum Gasteiger partial charge on any atom is 0.252 e. The number of fused-ring (bicyclic) bond motifs is 13. The molecule has 11 aromatic rings. The molecule has 0 amide bonds. The third-order valence-electron chi connectivity index (χ3n) is 14.8. The Kier molecular flexibility index (Phi) is 5.60. The van der Waals surface area contributed by atoms with Crippen molar-refractivity contribution in [1.82, 2.24) is 9.13 Å². The van der Waals surface area contributed by atoms with Crippen LogP contribution in [0.5, 0.6) is 0 Å². The summed E-state index contributed by atoms with van der Waals surface area (Å²) in [4.78, 5) is 0. The van der Waals surface area contributed by atoms with Gasteiger partial charge in [0.25, 0.3) is 6.71 Å². The molecule has 60 heavy (non-hydrogen) atoms. The maximum absolute atomic E-state index is 2.71. The molecular weight excluding hydrogens is 723 g/mol. The molecule has 0 saturated carbocycles. The van der Waals surface area contributed by atoms with Crippen molar-refractivity contribution in [3.63, 3.8) is 0 Å². The zero-order chi connectivity index (χ0) is 39.2. The Morgan fingerprint density at radius 3 is 1.85 bits per heavy atom. The first-order valence-electron chi connectivity index (χ1n) is 21.3. The molecule has 0 fully saturated rings. The lowest BCUT2D eigenvalue weighted by Gasteiger charge is -2.44. The van der Waals surface area contributed by atoms with Crippen LogP contribution in [0.15, 0.2) is 176 Å². The third-order valence-corrected chi connectivity index (χ3v) is 14.8. The molecule has 5 heterocycles. The fourth-order valence-corrected chi connectivity index (χ4v) is 12.7. The highest BCUT2D eigenvalue weighted by Gasteiger charge is 2.54. The van der Waals surface area contributed by atoms with E-state index in [-0.39, 0.29) is 6.71 Å². The average molecular weight is 759 g/mol. The van der Waals surface area contributed by atoms with Gasteiger partial charge in [-0.2, -0.15) is 0 Å². The predicted octanol–water partition coefficient (Wildman–Crippen LogP) is 11.7. The molecule has 4 aliphatic rings. The minimum absolute atomic E-state index is 0.0335. The van der Waals surface area contributed by atoms with Crippen molar-refractivity contribution in [3.8, 4) is 44.9 Å². The van der Waals surface area contributed by atoms with E-state index in [0.717, 1.165) is 0 Å². The standard InChI is InChI=1S/C57H35BN2/c1-32-23-25-38-39-26-24-33(2)30-45(39)57(44(38)29-32)42-21-11-19-40-41-20-12-22-46-54(41)60(53(40)42)55-43(57)27-28-48-51(55)58(46)47-31-36-17-9-10-18-37(36)50-49(34-13-5-3-6-14-34)52(59(48)56(47)50)35-15-7-4-8-16-35/h3-31H,1-2H3. The molecule has 3 aliphatic heterocycles. The van der Waals surface area contributed by atoms with Crippen molar-refractivity contribution in [2.75, 3.05) is 0 Å². The Labute approximate surface area is 347 Å². The summed E-state index contributed by atoms with van der Waals surface area (Å²) in [5, 5.41) is 6.58. The number of hydrogen-bond donors (Lipinski definition) is 0. The summed E-state index contributed by atoms with van der Waals surface area (Å²) in [5.74, 6) is 0. The summed E-state index contributed by atoms with van der Waals surface area (Å²) < 4.78 is 5.38. The van der Waals surface area contributed by atoms with E-state index in [1.54, 1.807) is 0 Å². The van der Waals surface area contributed by atoms with E-state index in [4.69, 9.17) is 0 Å². The van der Waals surface area contributed by atoms with E-state index < -0.39 is 5.41 Å². The van der Waals surface area contributed by atoms with Crippen molar-refractivity contribution in [2.45, 2.75) is 19.3 Å². The molecule has 0 unspecified atom stereocenters. The molecule has 15 rings (SSSR count). The summed E-state index contributed by atoms with van der Waals surface area (Å²) in [6, 6.07) is 67.6. The first-order valence-corrected chi connectivity index (χ1v) is 21.3. The quantitative estimate of drug-likeness (QED) is 0.155. The Bertz CT molecular complexity index is 3740. The number of para-hydroxylation sites is 2. The van der Waals surface area contributed by atoms with E-state index in [2.05, 4.69) is 199 Å². The maximum atomic E-state index is 2.71. The van der Waals surface area contributed by atoms with Gasteiger partial charge in [0.1, 0.15) is 0 Å². The van der Waals surface area contributed by atoms with Gasteiger partial charge in [-0.15, -0.1) is 0 Å². The Balaban J connectivity index is 1.22. The van der Waals surface area contributed by atoms with E-state index in [9.17, 15) is 0 Å². The second kappa shape index (κ2) is 10.6. The molecule has 1 aliphatic carbocycles. The second-order valence-corrected chi connectivity index (χ2v) is 17.7. The molecule has 0 saturated heterocycles. The van der Waals surface area contributed by atoms with Gasteiger partial charge in [-0.25, -0.2) is 0 Å². The lowest BCUT2D eigenvalue weighted by atomic mass is 9.33. The van der Waals surface area contributed by atoms with Gasteiger partial charge >= 0.3 is 0 Å². The monoisotopic (exact) mass is 758 g/mol. The predicted molar refractivity (Wildman–Crippen MR) is 251 cm³/mol. The van der Waals surface area contributed by atoms with Crippen LogP contribution in [-0.2, 0) is 5.41 Å². The Hall–Kier alpha value is -7.36. The average Bonchev–Trinajstić information content (AvgIpc) is 3.92. The van der Waals surface area contributed by atoms with Crippen molar-refractivity contribution in [3.05, 3.63) is 209 Å². The van der Waals surface area contributed by atoms with Crippen molar-refractivity contribution >= 4 is 66.6 Å². The molecule has 9 aromatic carbocycles. The number of aromatic nitrogens is 2. The Morgan fingerprint density at radius 1 is 0.450 bits per heavy atom. The second-order valence-electron chi connectivity index (χ2n) is 17.7. The normalized spacial score (nSPS) is 14.3. The van der Waals surface area contributed by atoms with Crippen LogP contribution in [-0.4, -0.2) is 15.8 Å². The van der Waals surface area contributed by atoms with Crippen LogP contribution in [0, 0.1) is 13.8 Å². The summed E-state index contributed by atoms with van der Waals surface area (Å²) in [7, 11) is 0. The highest BCUT2D eigenvalue weighted by molar-refractivity contribution is 7.00. The highest BCUT2D eigenvalue weighted by atomic mass is 15.1. The summed E-state index contributed by atoms with van der Waals surface area (Å²) in [6.45, 7) is 4.55. The van der Waals surface area contributed by atoms with Crippen molar-refractivity contribution < 1.29 is 0 Å². The van der Waals surface area contributed by atoms with Gasteiger partial charge in [0, 0.05) is 38.6 Å². The van der Waals surface area contributed by atoms with E-state index in [1.807, 2.05) is 0 Å². The van der Waals surface area contributed by atoms with Crippen molar-refractivity contribution in [2.24, 2.45) is 0 Å². The van der Waals surface area contributed by atoms with Gasteiger partial charge in [0.2, 0.25) is 0 Å². The molecule has 276 valence electrons. The van der Waals surface area contributed by atoms with Crippen LogP contribution >= 0.6 is 0 Å². The number of hydrogen-bond acceptors (Lipinski definition) is 0. The Morgan fingerprint density at radius 2 is 1.10 bits per heavy atom. The minimum Gasteiger partial charge on any atom is -0.310 e. The molecular formula is C57H35BN2. The zero-order valence-electron chi connectivity index (χ0n) is 33.2. The zero-order valence-corrected chi connectivity index (χ0v) is 33.2. The molecule has 0 atom stereocenters. The van der Waals surface area contributed by atoms with Gasteiger partial charge < -0.3 is 9.13 Å². The fraction of sp³-hybridized carbons (Fsp3) is 0.0526. The minimum atomic E-state index is -0.494. The lowest BCUT2D eigenvalue weighted by molar-refractivity contribution is 0.747. The topological polar surface area (TPSA) is 9.86 Å². The van der Waals surface area contributed by atoms with Crippen LogP contribution in [0.4, 0.5) is 0 Å². The first-order chi connectivity index (χ1) is 29.6. The molecule has 0 N–H and O–H groups in total. The molecule has 0 bridgehead atoms. The molecule has 2 nitrogen and oxygen atoms in total. The van der Waals surface area contributed by atoms with Crippen LogP contribution in [0.2, 0.25) is 0 Å². The van der Waals surface area contributed by atoms with E-state index in [1.165, 1.54) is 138 Å². The van der Waals surface area contributed by atoms with Crippen LogP contribution < -0.4 is 16.4 Å². The van der Waals surface area contributed by atoms with Crippen LogP contribution in [0.25, 0.3) is 88.4 Å². The largest absolute Gasteiger partial charge is 0.310 e. The number of nitrogens with zero attached hydrogens (tertiary/aromatic N) is 2. The first kappa shape index (κ1) is 31.6. The number of rotatable bonds is 2. The van der Waals surface area contributed by atoms with E-state index in [0.29, 0.717) is 0 Å². The van der Waals surface area contributed by atoms with Gasteiger partial charge in [0.15, 0.2) is 0 Å². The number of aryl methyl sites for hydroxylation is 2. The fourth-order valence-electron chi connectivity index (χ4n) is 12.7. The van der Waals surface area contributed by atoms with Gasteiger partial charge in [0.05, 0.1) is 22.1 Å². The third kappa shape index (κ3) is 3.43. The number of benzene rings is 9. The smallest absolute Gasteiger partial charge is 0.252 e. The van der Waals surface area contributed by atoms with Crippen LogP contribution in [0.1, 0.15) is 33.4 Å². The van der Waals surface area contributed by atoms with Crippen LogP contribution in [0.3, 0.4) is 0 Å². The molecule has 0 radical (unpaired) electrons. The van der Waals surface area contributed by atoms with Gasteiger partial charge in [-0.3, -0.25) is 0 Å². The van der Waals surface area contributed by atoms with Gasteiger partial charge in [-0.05, 0) is 91.6 Å². The summed E-state index contributed by atoms with van der Waals surface area (Å²) in [5.41, 5.74) is 26.2. The molecule has 2 aromatic heterocycles. The van der Waals surface area contributed by atoms with Crippen molar-refractivity contribution in [1.29, 1.82) is 0 Å². The molecule has 3 heteroatoms. The molecule has 1 spiro atoms.